The summed E-state index contributed by atoms with van der Waals surface area (Å²) in [6, 6.07) is 9.02. The number of aromatic nitrogens is 2. The summed E-state index contributed by atoms with van der Waals surface area (Å²) in [7, 11) is 2.01. The van der Waals surface area contributed by atoms with Crippen LogP contribution in [-0.2, 0) is 0 Å². The van der Waals surface area contributed by atoms with Crippen molar-refractivity contribution in [1.82, 2.24) is 15.5 Å². The van der Waals surface area contributed by atoms with Crippen LogP contribution in [0.1, 0.15) is 29.1 Å². The number of nitrogens with zero attached hydrogens (tertiary/aromatic N) is 2. The first-order valence-electron chi connectivity index (χ1n) is 6.30. The maximum absolute atomic E-state index is 4.18. The maximum Gasteiger partial charge on any atom is 0.174 e. The van der Waals surface area contributed by atoms with E-state index in [1.807, 2.05) is 14.0 Å². The number of benzene rings is 1. The molecule has 3 nitrogen and oxygen atoms in total. The zero-order valence-corrected chi connectivity index (χ0v) is 13.3. The zero-order chi connectivity index (χ0) is 13.8. The molecule has 2 aromatic rings. The summed E-state index contributed by atoms with van der Waals surface area (Å²) >= 11 is 3.43. The molecule has 0 saturated carbocycles. The van der Waals surface area contributed by atoms with Crippen LogP contribution in [-0.4, -0.2) is 22.5 Å². The van der Waals surface area contributed by atoms with Crippen LogP contribution >= 0.6 is 23.1 Å². The highest BCUT2D eigenvalue weighted by Crippen LogP contribution is 2.33. The minimum absolute atomic E-state index is 0.315. The molecule has 0 saturated heterocycles. The molecule has 2 rings (SSSR count). The van der Waals surface area contributed by atoms with E-state index >= 15 is 0 Å². The third kappa shape index (κ3) is 3.78. The van der Waals surface area contributed by atoms with Gasteiger partial charge in [-0.2, -0.15) is 0 Å². The summed E-state index contributed by atoms with van der Waals surface area (Å²) in [5.41, 5.74) is 2.60. The molecule has 1 heterocycles. The van der Waals surface area contributed by atoms with Gasteiger partial charge >= 0.3 is 0 Å². The van der Waals surface area contributed by atoms with Gasteiger partial charge in [0.1, 0.15) is 5.01 Å². The lowest BCUT2D eigenvalue weighted by molar-refractivity contribution is 0.589. The highest BCUT2D eigenvalue weighted by molar-refractivity contribution is 8.01. The second-order valence-corrected chi connectivity index (χ2v) is 7.39. The second-order valence-electron chi connectivity index (χ2n) is 4.59. The van der Waals surface area contributed by atoms with E-state index in [1.165, 1.54) is 11.1 Å². The van der Waals surface area contributed by atoms with Gasteiger partial charge in [0.25, 0.3) is 0 Å². The number of aryl methyl sites for hydroxylation is 2. The normalized spacial score (nSPS) is 14.3. The third-order valence-corrected chi connectivity index (χ3v) is 5.11. The molecule has 2 atom stereocenters. The summed E-state index contributed by atoms with van der Waals surface area (Å²) in [5.74, 6) is 0. The molecule has 19 heavy (non-hydrogen) atoms. The fraction of sp³-hybridized carbons (Fsp3) is 0.429. The van der Waals surface area contributed by atoms with Crippen molar-refractivity contribution < 1.29 is 0 Å². The summed E-state index contributed by atoms with van der Waals surface area (Å²) in [4.78, 5) is 0. The Hall–Kier alpha value is -0.910. The molecule has 0 aliphatic carbocycles. The topological polar surface area (TPSA) is 37.8 Å². The molecule has 1 aromatic carbocycles. The van der Waals surface area contributed by atoms with E-state index in [-0.39, 0.29) is 0 Å². The van der Waals surface area contributed by atoms with E-state index in [1.54, 1.807) is 23.1 Å². The van der Waals surface area contributed by atoms with Gasteiger partial charge < -0.3 is 5.32 Å². The molecule has 102 valence electrons. The van der Waals surface area contributed by atoms with Crippen molar-refractivity contribution in [2.75, 3.05) is 7.05 Å². The number of hydrogen-bond donors (Lipinski definition) is 1. The van der Waals surface area contributed by atoms with Crippen molar-refractivity contribution in [2.45, 2.75) is 36.4 Å². The zero-order valence-electron chi connectivity index (χ0n) is 11.7. The van der Waals surface area contributed by atoms with E-state index < -0.39 is 0 Å². The number of thioether (sulfide) groups is 1. The Balaban J connectivity index is 2.10. The van der Waals surface area contributed by atoms with Crippen LogP contribution in [0.15, 0.2) is 28.6 Å². The minimum atomic E-state index is 0.315. The Kier molecular flexibility index (Phi) is 4.96. The second kappa shape index (κ2) is 6.50. The molecular formula is C14H19N3S2. The standard InChI is InChI=1S/C14H19N3S2/c1-9-5-7-12(8-6-9)13(15-4)10(2)18-14-17-16-11(3)19-14/h5-8,10,13,15H,1-4H3. The molecule has 0 bridgehead atoms. The Morgan fingerprint density at radius 3 is 2.37 bits per heavy atom. The fourth-order valence-corrected chi connectivity index (χ4v) is 4.26. The first kappa shape index (κ1) is 14.5. The Bertz CT molecular complexity index is 522. The van der Waals surface area contributed by atoms with Gasteiger partial charge in [-0.3, -0.25) is 0 Å². The highest BCUT2D eigenvalue weighted by Gasteiger charge is 2.20. The van der Waals surface area contributed by atoms with Crippen molar-refractivity contribution >= 4 is 23.1 Å². The van der Waals surface area contributed by atoms with E-state index in [4.69, 9.17) is 0 Å². The van der Waals surface area contributed by atoms with Crippen LogP contribution in [0, 0.1) is 13.8 Å². The molecule has 2 unspecified atom stereocenters. The van der Waals surface area contributed by atoms with Crippen LogP contribution in [0.2, 0.25) is 0 Å². The molecule has 5 heteroatoms. The molecular weight excluding hydrogens is 274 g/mol. The highest BCUT2D eigenvalue weighted by atomic mass is 32.2. The van der Waals surface area contributed by atoms with Gasteiger partial charge in [-0.1, -0.05) is 59.9 Å². The van der Waals surface area contributed by atoms with E-state index in [0.717, 1.165) is 9.35 Å². The van der Waals surface area contributed by atoms with E-state index in [9.17, 15) is 0 Å². The lowest BCUT2D eigenvalue weighted by atomic mass is 10.0. The smallest absolute Gasteiger partial charge is 0.174 e. The quantitative estimate of drug-likeness (QED) is 0.855. The van der Waals surface area contributed by atoms with Gasteiger partial charge in [0.15, 0.2) is 4.34 Å². The minimum Gasteiger partial charge on any atom is -0.312 e. The summed E-state index contributed by atoms with van der Waals surface area (Å²) in [6.45, 7) is 6.32. The van der Waals surface area contributed by atoms with Gasteiger partial charge in [0.2, 0.25) is 0 Å². The van der Waals surface area contributed by atoms with Gasteiger partial charge in [0.05, 0.1) is 0 Å². The molecule has 0 fully saturated rings. The van der Waals surface area contributed by atoms with Crippen molar-refractivity contribution in [3.05, 3.63) is 40.4 Å². The molecule has 0 aliphatic rings. The van der Waals surface area contributed by atoms with Crippen LogP contribution in [0.3, 0.4) is 0 Å². The van der Waals surface area contributed by atoms with E-state index in [0.29, 0.717) is 11.3 Å². The predicted octanol–water partition coefficient (Wildman–Crippen LogP) is 3.60. The molecule has 0 spiro atoms. The first-order valence-corrected chi connectivity index (χ1v) is 8.00. The molecule has 0 amide bonds. The average molecular weight is 293 g/mol. The monoisotopic (exact) mass is 293 g/mol. The van der Waals surface area contributed by atoms with Crippen LogP contribution in [0.25, 0.3) is 0 Å². The number of rotatable bonds is 5. The van der Waals surface area contributed by atoms with Crippen LogP contribution in [0.4, 0.5) is 0 Å². The number of nitrogens with one attached hydrogen (secondary N) is 1. The van der Waals surface area contributed by atoms with Gasteiger partial charge in [-0.25, -0.2) is 0 Å². The average Bonchev–Trinajstić information content (AvgIpc) is 2.78. The van der Waals surface area contributed by atoms with Crippen molar-refractivity contribution in [3.63, 3.8) is 0 Å². The van der Waals surface area contributed by atoms with Crippen LogP contribution < -0.4 is 5.32 Å². The van der Waals surface area contributed by atoms with Crippen molar-refractivity contribution in [2.24, 2.45) is 0 Å². The Labute approximate surface area is 122 Å². The molecule has 0 radical (unpaired) electrons. The van der Waals surface area contributed by atoms with Crippen molar-refractivity contribution in [3.8, 4) is 0 Å². The lowest BCUT2D eigenvalue weighted by Crippen LogP contribution is -2.25. The van der Waals surface area contributed by atoms with Gasteiger partial charge in [-0.05, 0) is 26.5 Å². The SMILES string of the molecule is CNC(c1ccc(C)cc1)C(C)Sc1nnc(C)s1. The van der Waals surface area contributed by atoms with Crippen LogP contribution in [0.5, 0.6) is 0 Å². The van der Waals surface area contributed by atoms with Gasteiger partial charge in [-0.15, -0.1) is 10.2 Å². The summed E-state index contributed by atoms with van der Waals surface area (Å²) < 4.78 is 1.04. The maximum atomic E-state index is 4.18. The molecule has 1 N–H and O–H groups in total. The molecule has 1 aromatic heterocycles. The largest absolute Gasteiger partial charge is 0.312 e. The third-order valence-electron chi connectivity index (χ3n) is 3.01. The van der Waals surface area contributed by atoms with Gasteiger partial charge in [0, 0.05) is 11.3 Å². The fourth-order valence-electron chi connectivity index (χ4n) is 2.00. The molecule has 0 aliphatic heterocycles. The summed E-state index contributed by atoms with van der Waals surface area (Å²) in [5, 5.41) is 13.1. The Morgan fingerprint density at radius 2 is 1.84 bits per heavy atom. The number of hydrogen-bond acceptors (Lipinski definition) is 5. The van der Waals surface area contributed by atoms with Crippen molar-refractivity contribution in [1.29, 1.82) is 0 Å². The summed E-state index contributed by atoms with van der Waals surface area (Å²) in [6.07, 6.45) is 0. The van der Waals surface area contributed by atoms with E-state index in [2.05, 4.69) is 53.6 Å². The predicted molar refractivity (Wildman–Crippen MR) is 82.9 cm³/mol. The Morgan fingerprint density at radius 1 is 1.16 bits per heavy atom. The lowest BCUT2D eigenvalue weighted by Gasteiger charge is -2.22. The first-order chi connectivity index (χ1) is 9.10.